The molecule has 0 unspecified atom stereocenters. The van der Waals surface area contributed by atoms with E-state index in [2.05, 4.69) is 10.6 Å². The van der Waals surface area contributed by atoms with Crippen LogP contribution in [-0.4, -0.2) is 29.5 Å². The maximum Gasteiger partial charge on any atom is 0.287 e. The van der Waals surface area contributed by atoms with E-state index >= 15 is 0 Å². The third-order valence-electron chi connectivity index (χ3n) is 3.91. The van der Waals surface area contributed by atoms with Gasteiger partial charge in [-0.25, -0.2) is 0 Å². The van der Waals surface area contributed by atoms with Gasteiger partial charge in [0.05, 0.1) is 6.54 Å². The van der Waals surface area contributed by atoms with Crippen LogP contribution in [0.25, 0.3) is 0 Å². The second-order valence-electron chi connectivity index (χ2n) is 5.95. The number of carbonyl (C=O) groups is 2. The van der Waals surface area contributed by atoms with E-state index in [0.717, 1.165) is 0 Å². The predicted molar refractivity (Wildman–Crippen MR) is 105 cm³/mol. The Morgan fingerprint density at radius 3 is 2.36 bits per heavy atom. The molecule has 28 heavy (non-hydrogen) atoms. The number of pyridine rings is 1. The first-order valence-electron chi connectivity index (χ1n) is 8.59. The third kappa shape index (κ3) is 5.11. The third-order valence-corrected chi connectivity index (χ3v) is 4.17. The zero-order chi connectivity index (χ0) is 19.9. The number of aromatic nitrogens is 1. The molecule has 0 saturated heterocycles. The van der Waals surface area contributed by atoms with Crippen molar-refractivity contribution in [3.63, 3.8) is 0 Å². The number of rotatable bonds is 7. The molecule has 8 heteroatoms. The molecule has 0 atom stereocenters. The molecule has 144 valence electrons. The van der Waals surface area contributed by atoms with Crippen LogP contribution >= 0.6 is 11.6 Å². The Morgan fingerprint density at radius 1 is 0.929 bits per heavy atom. The van der Waals surface area contributed by atoms with Crippen molar-refractivity contribution in [2.45, 2.75) is 6.54 Å². The average Bonchev–Trinajstić information content (AvgIpc) is 3.16. The second-order valence-corrected chi connectivity index (χ2v) is 6.39. The van der Waals surface area contributed by atoms with Crippen molar-refractivity contribution in [2.24, 2.45) is 0 Å². The van der Waals surface area contributed by atoms with Crippen molar-refractivity contribution in [3.05, 3.63) is 93.3 Å². The zero-order valence-corrected chi connectivity index (χ0v) is 15.6. The van der Waals surface area contributed by atoms with Crippen molar-refractivity contribution >= 4 is 23.4 Å². The van der Waals surface area contributed by atoms with Gasteiger partial charge >= 0.3 is 0 Å². The molecule has 7 nitrogen and oxygen atoms in total. The first-order chi connectivity index (χ1) is 13.5. The Labute approximate surface area is 165 Å². The van der Waals surface area contributed by atoms with Crippen molar-refractivity contribution in [1.29, 1.82) is 0 Å². The summed E-state index contributed by atoms with van der Waals surface area (Å²) < 4.78 is 6.97. The van der Waals surface area contributed by atoms with Gasteiger partial charge in [-0.15, -0.1) is 0 Å². The van der Waals surface area contributed by atoms with Gasteiger partial charge in [-0.3, -0.25) is 14.4 Å². The first kappa shape index (κ1) is 19.4. The van der Waals surface area contributed by atoms with Gasteiger partial charge in [0.25, 0.3) is 17.4 Å². The second kappa shape index (κ2) is 9.05. The zero-order valence-electron chi connectivity index (χ0n) is 14.9. The Kier molecular flexibility index (Phi) is 6.29. The van der Waals surface area contributed by atoms with E-state index in [1.807, 2.05) is 0 Å². The van der Waals surface area contributed by atoms with E-state index in [1.165, 1.54) is 10.6 Å². The first-order valence-corrected chi connectivity index (χ1v) is 8.97. The molecule has 2 amide bonds. The molecule has 3 rings (SSSR count). The number of benzene rings is 1. The Bertz CT molecular complexity index is 1020. The number of furan rings is 1. The molecule has 0 radical (unpaired) electrons. The van der Waals surface area contributed by atoms with Gasteiger partial charge in [-0.1, -0.05) is 17.7 Å². The normalized spacial score (nSPS) is 10.5. The largest absolute Gasteiger partial charge is 0.454 e. The highest BCUT2D eigenvalue weighted by Gasteiger charge is 2.11. The number of halogens is 1. The highest BCUT2D eigenvalue weighted by Crippen LogP contribution is 2.10. The lowest BCUT2D eigenvalue weighted by molar-refractivity contribution is 0.0909. The molecule has 2 aromatic heterocycles. The number of nitrogens with one attached hydrogen (secondary N) is 2. The topological polar surface area (TPSA) is 93.3 Å². The number of nitrogens with zero attached hydrogens (tertiary/aromatic N) is 1. The molecule has 0 fully saturated rings. The lowest BCUT2D eigenvalue weighted by Gasteiger charge is -2.06. The number of hydrogen-bond acceptors (Lipinski definition) is 4. The van der Waals surface area contributed by atoms with E-state index in [-0.39, 0.29) is 36.9 Å². The fraction of sp³-hybridized carbons (Fsp3) is 0.150. The van der Waals surface area contributed by atoms with E-state index in [4.69, 9.17) is 16.0 Å². The lowest BCUT2D eigenvalue weighted by Crippen LogP contribution is -2.34. The van der Waals surface area contributed by atoms with Gasteiger partial charge in [0, 0.05) is 35.9 Å². The summed E-state index contributed by atoms with van der Waals surface area (Å²) in [6, 6.07) is 14.6. The molecular formula is C20H18ClN3O4. The Balaban J connectivity index is 1.46. The van der Waals surface area contributed by atoms with Crippen LogP contribution in [-0.2, 0) is 6.54 Å². The molecule has 0 aliphatic rings. The number of hydrogen-bond donors (Lipinski definition) is 2. The summed E-state index contributed by atoms with van der Waals surface area (Å²) >= 11 is 5.79. The van der Waals surface area contributed by atoms with Crippen LogP contribution in [0, 0.1) is 0 Å². The summed E-state index contributed by atoms with van der Waals surface area (Å²) in [6.07, 6.45) is 1.65. The molecule has 0 aliphatic carbocycles. The van der Waals surface area contributed by atoms with Crippen LogP contribution in [0.5, 0.6) is 0 Å². The van der Waals surface area contributed by atoms with Crippen molar-refractivity contribution in [2.75, 3.05) is 13.1 Å². The summed E-state index contributed by atoms with van der Waals surface area (Å²) in [7, 11) is 0. The summed E-state index contributed by atoms with van der Waals surface area (Å²) in [5.74, 6) is -0.00981. The quantitative estimate of drug-likeness (QED) is 0.596. The Hall–Kier alpha value is -3.32. The smallest absolute Gasteiger partial charge is 0.287 e. The van der Waals surface area contributed by atoms with Gasteiger partial charge < -0.3 is 19.6 Å². The lowest BCUT2D eigenvalue weighted by atomic mass is 10.2. The highest BCUT2D eigenvalue weighted by atomic mass is 35.5. The minimum Gasteiger partial charge on any atom is -0.454 e. The molecule has 2 N–H and O–H groups in total. The molecule has 0 bridgehead atoms. The Morgan fingerprint density at radius 2 is 1.64 bits per heavy atom. The standard InChI is InChI=1S/C20H18ClN3O4/c21-15-6-4-14(5-7-15)19(26)22-10-11-23-20(27)17-9-8-16(28-17)13-24-12-2-1-3-18(24)25/h1-9,12H,10-11,13H2,(H,22,26)(H,23,27). The summed E-state index contributed by atoms with van der Waals surface area (Å²) in [6.45, 7) is 0.747. The fourth-order valence-corrected chi connectivity index (χ4v) is 2.61. The molecule has 1 aromatic carbocycles. The van der Waals surface area contributed by atoms with Crippen LogP contribution in [0.3, 0.4) is 0 Å². The molecule has 0 aliphatic heterocycles. The summed E-state index contributed by atoms with van der Waals surface area (Å²) in [4.78, 5) is 35.8. The summed E-state index contributed by atoms with van der Waals surface area (Å²) in [5, 5.41) is 5.92. The maximum absolute atomic E-state index is 12.1. The minimum absolute atomic E-state index is 0.142. The van der Waals surface area contributed by atoms with Crippen LogP contribution in [0.4, 0.5) is 0 Å². The van der Waals surface area contributed by atoms with Gasteiger partial charge in [0.15, 0.2) is 5.76 Å². The molecule has 0 saturated carbocycles. The van der Waals surface area contributed by atoms with Crippen molar-refractivity contribution < 1.29 is 14.0 Å². The van der Waals surface area contributed by atoms with Crippen LogP contribution in [0.15, 0.2) is 70.0 Å². The van der Waals surface area contributed by atoms with Crippen LogP contribution in [0.1, 0.15) is 26.7 Å². The summed E-state index contributed by atoms with van der Waals surface area (Å²) in [5.41, 5.74) is 0.337. The molecule has 0 spiro atoms. The minimum atomic E-state index is -0.396. The van der Waals surface area contributed by atoms with Gasteiger partial charge in [-0.05, 0) is 42.5 Å². The fourth-order valence-electron chi connectivity index (χ4n) is 2.49. The van der Waals surface area contributed by atoms with Crippen molar-refractivity contribution in [1.82, 2.24) is 15.2 Å². The average molecular weight is 400 g/mol. The van der Waals surface area contributed by atoms with Crippen molar-refractivity contribution in [3.8, 4) is 0 Å². The van der Waals surface area contributed by atoms with E-state index < -0.39 is 5.91 Å². The predicted octanol–water partition coefficient (Wildman–Crippen LogP) is 2.30. The van der Waals surface area contributed by atoms with Crippen LogP contribution in [0.2, 0.25) is 5.02 Å². The van der Waals surface area contributed by atoms with Gasteiger partial charge in [-0.2, -0.15) is 0 Å². The molecule has 3 aromatic rings. The van der Waals surface area contributed by atoms with Gasteiger partial charge in [0.1, 0.15) is 5.76 Å². The number of carbonyl (C=O) groups excluding carboxylic acids is 2. The molecular weight excluding hydrogens is 382 g/mol. The molecule has 2 heterocycles. The van der Waals surface area contributed by atoms with E-state index in [0.29, 0.717) is 16.3 Å². The highest BCUT2D eigenvalue weighted by molar-refractivity contribution is 6.30. The monoisotopic (exact) mass is 399 g/mol. The number of amides is 2. The van der Waals surface area contributed by atoms with Gasteiger partial charge in [0.2, 0.25) is 0 Å². The SMILES string of the molecule is O=C(NCCNC(=O)c1ccc(Cn2ccccc2=O)o1)c1ccc(Cl)cc1. The van der Waals surface area contributed by atoms with E-state index in [1.54, 1.807) is 54.7 Å². The van der Waals surface area contributed by atoms with Crippen LogP contribution < -0.4 is 16.2 Å². The van der Waals surface area contributed by atoms with E-state index in [9.17, 15) is 14.4 Å². The maximum atomic E-state index is 12.1.